The molecular weight excluding hydrogens is 900 g/mol. The van der Waals surface area contributed by atoms with E-state index in [0.29, 0.717) is 10.0 Å². The summed E-state index contributed by atoms with van der Waals surface area (Å²) in [5.74, 6) is 0.812. The summed E-state index contributed by atoms with van der Waals surface area (Å²) in [7, 11) is 1.64. The first-order valence-electron chi connectivity index (χ1n) is 22.1. The van der Waals surface area contributed by atoms with Crippen LogP contribution in [-0.4, -0.2) is 56.9 Å². The van der Waals surface area contributed by atoms with Crippen LogP contribution in [0.5, 0.6) is 5.75 Å². The maximum absolute atomic E-state index is 5.84. The van der Waals surface area contributed by atoms with Gasteiger partial charge in [0.1, 0.15) is 5.75 Å². The summed E-state index contributed by atoms with van der Waals surface area (Å²) < 4.78 is 5.09. The number of hydrogen-bond donors (Lipinski definition) is 0. The van der Waals surface area contributed by atoms with E-state index in [-0.39, 0.29) is 0 Å². The predicted octanol–water partition coefficient (Wildman–Crippen LogP) is 13.9. The lowest BCUT2D eigenvalue weighted by atomic mass is 10.1. The first kappa shape index (κ1) is 50.8. The van der Waals surface area contributed by atoms with Gasteiger partial charge in [0.2, 0.25) is 0 Å². The Morgan fingerprint density at radius 1 is 0.348 bits per heavy atom. The largest absolute Gasteiger partial charge is 0.497 e. The number of aryl methyl sites for hydroxylation is 9. The molecule has 6 aromatic heterocycles. The average Bonchev–Trinajstić information content (AvgIpc) is 3.33. The molecule has 0 spiro atoms. The Kier molecular flexibility index (Phi) is 18.0. The van der Waals surface area contributed by atoms with Crippen LogP contribution in [0, 0.1) is 62.3 Å². The molecule has 11 rings (SSSR count). The molecule has 11 nitrogen and oxygen atoms in total. The number of rotatable bonds is 1. The zero-order valence-corrected chi connectivity index (χ0v) is 42.0. The van der Waals surface area contributed by atoms with Gasteiger partial charge >= 0.3 is 0 Å². The van der Waals surface area contributed by atoms with Gasteiger partial charge in [0.15, 0.2) is 0 Å². The molecule has 5 aromatic carbocycles. The van der Waals surface area contributed by atoms with Crippen molar-refractivity contribution in [2.24, 2.45) is 0 Å². The Labute approximate surface area is 413 Å². The van der Waals surface area contributed by atoms with Crippen LogP contribution in [0.25, 0.3) is 55.0 Å². The molecule has 69 heavy (non-hydrogen) atoms. The van der Waals surface area contributed by atoms with Crippen LogP contribution in [0.1, 0.15) is 50.9 Å². The lowest BCUT2D eigenvalue weighted by Crippen LogP contribution is -1.89. The molecule has 0 N–H and O–H groups in total. The SMILES string of the molecule is COc1ccc2ncc(C)nc2c1.Cc1ccc2ccccc2n1.Cc1ccc2nc(C)cnc2c1.Cc1ccccn1.Cc1cnc2cc(C)c(C)cc2n1.Cc1cnc2cc(Cl)c(Cl)cc2n1. The molecule has 0 aliphatic rings. The topological polar surface area (TPSA) is 138 Å². The molecule has 0 radical (unpaired) electrons. The van der Waals surface area contributed by atoms with E-state index >= 15 is 0 Å². The number of methoxy groups -OCH3 is 1. The van der Waals surface area contributed by atoms with E-state index in [1.807, 2.05) is 114 Å². The zero-order valence-electron chi connectivity index (χ0n) is 40.5. The lowest BCUT2D eigenvalue weighted by molar-refractivity contribution is 0.415. The van der Waals surface area contributed by atoms with Crippen molar-refractivity contribution in [1.29, 1.82) is 0 Å². The van der Waals surface area contributed by atoms with E-state index in [9.17, 15) is 0 Å². The third-order valence-electron chi connectivity index (χ3n) is 10.2. The normalized spacial score (nSPS) is 10.3. The summed E-state index contributed by atoms with van der Waals surface area (Å²) in [4.78, 5) is 42.8. The van der Waals surface area contributed by atoms with Crippen LogP contribution in [0.2, 0.25) is 10.0 Å². The number of pyridine rings is 2. The van der Waals surface area contributed by atoms with Gasteiger partial charge in [-0.3, -0.25) is 29.9 Å². The van der Waals surface area contributed by atoms with E-state index in [0.717, 1.165) is 89.6 Å². The van der Waals surface area contributed by atoms with E-state index in [2.05, 4.69) is 101 Å². The predicted molar refractivity (Wildman–Crippen MR) is 283 cm³/mol. The van der Waals surface area contributed by atoms with Gasteiger partial charge < -0.3 is 4.74 Å². The van der Waals surface area contributed by atoms with E-state index < -0.39 is 0 Å². The fourth-order valence-electron chi connectivity index (χ4n) is 6.50. The third-order valence-corrected chi connectivity index (χ3v) is 10.9. The first-order valence-corrected chi connectivity index (χ1v) is 22.9. The molecule has 0 saturated heterocycles. The zero-order chi connectivity index (χ0) is 49.5. The highest BCUT2D eigenvalue weighted by atomic mass is 35.5. The van der Waals surface area contributed by atoms with Crippen LogP contribution in [0.4, 0.5) is 0 Å². The first-order chi connectivity index (χ1) is 33.1. The van der Waals surface area contributed by atoms with Crippen molar-refractivity contribution < 1.29 is 4.74 Å². The van der Waals surface area contributed by atoms with Gasteiger partial charge in [-0.05, 0) is 152 Å². The van der Waals surface area contributed by atoms with Crippen LogP contribution in [-0.2, 0) is 0 Å². The smallest absolute Gasteiger partial charge is 0.121 e. The number of para-hydroxylation sites is 1. The number of hydrogen-bond acceptors (Lipinski definition) is 11. The summed E-state index contributed by atoms with van der Waals surface area (Å²) in [6.45, 7) is 17.9. The van der Waals surface area contributed by atoms with Crippen molar-refractivity contribution in [2.45, 2.75) is 62.3 Å². The van der Waals surface area contributed by atoms with Crippen LogP contribution in [0.15, 0.2) is 146 Å². The van der Waals surface area contributed by atoms with Crippen LogP contribution >= 0.6 is 23.2 Å². The maximum Gasteiger partial charge on any atom is 0.121 e. The van der Waals surface area contributed by atoms with Gasteiger partial charge in [-0.15, -0.1) is 0 Å². The maximum atomic E-state index is 5.84. The minimum absolute atomic E-state index is 0.507. The Hall–Kier alpha value is -7.60. The second-order valence-electron chi connectivity index (χ2n) is 16.2. The van der Waals surface area contributed by atoms with Crippen LogP contribution < -0.4 is 4.74 Å². The van der Waals surface area contributed by atoms with Crippen molar-refractivity contribution in [3.63, 3.8) is 0 Å². The fraction of sp³-hybridized carbons (Fsp3) is 0.179. The number of nitrogens with zero attached hydrogens (tertiary/aromatic N) is 10. The molecule has 0 saturated carbocycles. The van der Waals surface area contributed by atoms with Gasteiger partial charge in [0.05, 0.1) is 89.6 Å². The Balaban J connectivity index is 0.000000137. The summed E-state index contributed by atoms with van der Waals surface area (Å²) >= 11 is 11.7. The summed E-state index contributed by atoms with van der Waals surface area (Å²) in [5, 5.41) is 2.22. The quantitative estimate of drug-likeness (QED) is 0.155. The molecule has 0 amide bonds. The summed E-state index contributed by atoms with van der Waals surface area (Å²) in [6, 6.07) is 37.5. The molecule has 6 heterocycles. The van der Waals surface area contributed by atoms with Crippen molar-refractivity contribution in [3.8, 4) is 5.75 Å². The molecule has 0 aliphatic carbocycles. The van der Waals surface area contributed by atoms with Gasteiger partial charge in [-0.2, -0.15) is 0 Å². The second-order valence-corrected chi connectivity index (χ2v) is 17.0. The molecule has 0 unspecified atom stereocenters. The van der Waals surface area contributed by atoms with E-state index in [4.69, 9.17) is 27.9 Å². The van der Waals surface area contributed by atoms with Gasteiger partial charge in [-0.25, -0.2) is 19.9 Å². The number of fused-ring (bicyclic) bond motifs is 5. The number of benzene rings is 5. The molecule has 13 heteroatoms. The monoisotopic (exact) mass is 952 g/mol. The minimum Gasteiger partial charge on any atom is -0.497 e. The van der Waals surface area contributed by atoms with Crippen LogP contribution in [0.3, 0.4) is 0 Å². The Bertz CT molecular complexity index is 3350. The van der Waals surface area contributed by atoms with E-state index in [1.165, 1.54) is 22.1 Å². The molecular formula is C56H54Cl2N10O. The summed E-state index contributed by atoms with van der Waals surface area (Å²) in [5.41, 5.74) is 17.9. The molecule has 0 fully saturated rings. The highest BCUT2D eigenvalue weighted by molar-refractivity contribution is 6.42. The van der Waals surface area contributed by atoms with Gasteiger partial charge in [-0.1, -0.05) is 59.6 Å². The van der Waals surface area contributed by atoms with E-state index in [1.54, 1.807) is 50.2 Å². The fourth-order valence-corrected chi connectivity index (χ4v) is 6.82. The van der Waals surface area contributed by atoms with Crippen molar-refractivity contribution >= 4 is 78.2 Å². The van der Waals surface area contributed by atoms with Gasteiger partial charge in [0, 0.05) is 53.8 Å². The Morgan fingerprint density at radius 2 is 0.826 bits per heavy atom. The number of ether oxygens (including phenoxy) is 1. The number of halogens is 2. The standard InChI is InChI=1S/C11H12N2.C10H10N2O.C10H10N2.C10H9N.C9H6Cl2N2.C6H7N/c1-7-4-10-11(5-8(7)2)13-9(3)6-12-10;1-7-6-11-9-4-3-8(13-2)5-10(9)12-7;1-7-3-4-9-10(5-7)11-6-8(2)12-9;1-8-6-7-9-4-2-3-5-10(9)11-8;1-5-4-12-8-2-6(10)7(11)3-9(8)13-5;1-6-4-2-3-5-7-6/h4-6H,1-3H3;3-6H,1-2H3;3-6H,1-2H3;2-7H,1H3;2-4H,1H3;2-5H,1H3. The molecule has 0 bridgehead atoms. The van der Waals surface area contributed by atoms with Crippen molar-refractivity contribution in [2.75, 3.05) is 7.11 Å². The highest BCUT2D eigenvalue weighted by Gasteiger charge is 2.04. The molecule has 0 aliphatic heterocycles. The average molecular weight is 954 g/mol. The molecule has 0 atom stereocenters. The second kappa shape index (κ2) is 24.4. The highest BCUT2D eigenvalue weighted by Crippen LogP contribution is 2.26. The summed E-state index contributed by atoms with van der Waals surface area (Å²) in [6.07, 6.45) is 8.84. The minimum atomic E-state index is 0.507. The molecule has 348 valence electrons. The van der Waals surface area contributed by atoms with Crippen molar-refractivity contribution in [3.05, 3.63) is 207 Å². The lowest BCUT2D eigenvalue weighted by Gasteiger charge is -2.02. The van der Waals surface area contributed by atoms with Crippen molar-refractivity contribution in [1.82, 2.24) is 49.8 Å². The number of aromatic nitrogens is 10. The van der Waals surface area contributed by atoms with Gasteiger partial charge in [0.25, 0.3) is 0 Å². The third kappa shape index (κ3) is 15.2. The Morgan fingerprint density at radius 3 is 1.41 bits per heavy atom. The molecule has 11 aromatic rings.